The summed E-state index contributed by atoms with van der Waals surface area (Å²) in [6.45, 7) is 3.79. The highest BCUT2D eigenvalue weighted by Crippen LogP contribution is 2.30. The fourth-order valence-corrected chi connectivity index (χ4v) is 4.73. The molecule has 208 valence electrons. The lowest BCUT2D eigenvalue weighted by atomic mass is 10.0. The highest BCUT2D eigenvalue weighted by molar-refractivity contribution is 5.69. The van der Waals surface area contributed by atoms with Crippen LogP contribution in [0.5, 0.6) is 0 Å². The predicted octanol–water partition coefficient (Wildman–Crippen LogP) is 6.23. The minimum Gasteiger partial charge on any atom is -0.463 e. The van der Waals surface area contributed by atoms with Crippen molar-refractivity contribution in [2.75, 3.05) is 6.61 Å². The van der Waals surface area contributed by atoms with Crippen LogP contribution in [0.1, 0.15) is 121 Å². The molecule has 1 unspecified atom stereocenters. The Hall–Kier alpha value is -2.58. The van der Waals surface area contributed by atoms with Gasteiger partial charge in [0.25, 0.3) is 5.56 Å². The highest BCUT2D eigenvalue weighted by atomic mass is 16.6. The van der Waals surface area contributed by atoms with Gasteiger partial charge in [-0.15, -0.1) is 0 Å². The first-order chi connectivity index (χ1) is 18.0. The molecule has 10 nitrogen and oxygen atoms in total. The van der Waals surface area contributed by atoms with Crippen LogP contribution in [0.15, 0.2) is 20.9 Å². The average Bonchev–Trinajstić information content (AvgIpc) is 3.27. The molecule has 1 aliphatic heterocycles. The third-order valence-corrected chi connectivity index (χ3v) is 7.00. The van der Waals surface area contributed by atoms with Crippen molar-refractivity contribution >= 4 is 5.97 Å². The molecule has 3 atom stereocenters. The van der Waals surface area contributed by atoms with Crippen molar-refractivity contribution in [3.05, 3.63) is 43.0 Å². The first-order valence-corrected chi connectivity index (χ1v) is 14.1. The minimum atomic E-state index is -0.715. The number of aryl methyl sites for hydroxylation is 1. The number of nitrogens with zero attached hydrogens (tertiary/aromatic N) is 4. The molecule has 37 heavy (non-hydrogen) atoms. The van der Waals surface area contributed by atoms with Gasteiger partial charge in [-0.05, 0) is 18.9 Å². The minimum absolute atomic E-state index is 0.0469. The number of esters is 1. The molecule has 2 heterocycles. The van der Waals surface area contributed by atoms with Crippen molar-refractivity contribution in [3.63, 3.8) is 0 Å². The molecule has 0 aliphatic carbocycles. The normalized spacial score (nSPS) is 19.0. The Labute approximate surface area is 219 Å². The van der Waals surface area contributed by atoms with Gasteiger partial charge in [0, 0.05) is 29.5 Å². The van der Waals surface area contributed by atoms with Gasteiger partial charge in [0.1, 0.15) is 18.9 Å². The lowest BCUT2D eigenvalue weighted by molar-refractivity contribution is -0.148. The van der Waals surface area contributed by atoms with E-state index in [4.69, 9.17) is 15.0 Å². The van der Waals surface area contributed by atoms with Gasteiger partial charge >= 0.3 is 11.7 Å². The first-order valence-electron chi connectivity index (χ1n) is 14.1. The largest absolute Gasteiger partial charge is 0.463 e. The summed E-state index contributed by atoms with van der Waals surface area (Å²) in [5, 5.41) is 3.75. The van der Waals surface area contributed by atoms with Crippen LogP contribution in [-0.4, -0.2) is 34.3 Å². The number of hydrogen-bond donors (Lipinski definition) is 1. The van der Waals surface area contributed by atoms with Crippen molar-refractivity contribution in [2.45, 2.75) is 135 Å². The summed E-state index contributed by atoms with van der Waals surface area (Å²) in [5.41, 5.74) is 8.20. The molecule has 0 radical (unpaired) electrons. The molecule has 10 heteroatoms. The monoisotopic (exact) mass is 519 g/mol. The Morgan fingerprint density at radius 2 is 1.62 bits per heavy atom. The maximum atomic E-state index is 12.2. The Bertz CT molecular complexity index is 969. The molecular formula is C27H45N5O5. The van der Waals surface area contributed by atoms with Gasteiger partial charge in [-0.2, -0.15) is 0 Å². The van der Waals surface area contributed by atoms with Crippen LogP contribution in [0.3, 0.4) is 0 Å². The van der Waals surface area contributed by atoms with Gasteiger partial charge < -0.3 is 9.47 Å². The van der Waals surface area contributed by atoms with E-state index >= 15 is 0 Å². The zero-order chi connectivity index (χ0) is 26.9. The topological polar surface area (TPSA) is 139 Å². The summed E-state index contributed by atoms with van der Waals surface area (Å²) in [6.07, 6.45) is 18.2. The molecule has 0 bridgehead atoms. The standard InChI is InChI=1S/C27H45N5O5/c1-3-4-5-6-7-8-9-10-11-12-13-14-15-16-17-25(33)36-20-23-22(30-31-28)18-24(37-23)32-19-21(2)26(34)29-27(32)35/h19,22-24H,3-18,20H2,1-2H3,(H,29,34,35)/t22?,23-,24-/m1/s1. The third-order valence-electron chi connectivity index (χ3n) is 7.00. The van der Waals surface area contributed by atoms with Crippen molar-refractivity contribution < 1.29 is 14.3 Å². The number of aromatic amines is 1. The Balaban J connectivity index is 1.57. The van der Waals surface area contributed by atoms with Gasteiger partial charge in [-0.3, -0.25) is 19.1 Å². The number of rotatable bonds is 19. The Kier molecular flexibility index (Phi) is 14.7. The molecule has 1 aromatic rings. The van der Waals surface area contributed by atoms with Gasteiger partial charge in [0.15, 0.2) is 0 Å². The van der Waals surface area contributed by atoms with E-state index in [1.54, 1.807) is 6.92 Å². The van der Waals surface area contributed by atoms with Crippen LogP contribution in [0.2, 0.25) is 0 Å². The number of ether oxygens (including phenoxy) is 2. The second kappa shape index (κ2) is 17.8. The second-order valence-corrected chi connectivity index (χ2v) is 10.1. The van der Waals surface area contributed by atoms with Crippen molar-refractivity contribution in [3.8, 4) is 0 Å². The quantitative estimate of drug-likeness (QED) is 0.0759. The van der Waals surface area contributed by atoms with Crippen molar-refractivity contribution in [1.29, 1.82) is 0 Å². The van der Waals surface area contributed by atoms with E-state index in [1.165, 1.54) is 81.4 Å². The van der Waals surface area contributed by atoms with E-state index in [0.29, 0.717) is 12.0 Å². The fraction of sp³-hybridized carbons (Fsp3) is 0.815. The summed E-state index contributed by atoms with van der Waals surface area (Å²) in [4.78, 5) is 41.1. The highest BCUT2D eigenvalue weighted by Gasteiger charge is 2.37. The van der Waals surface area contributed by atoms with E-state index in [9.17, 15) is 14.4 Å². The van der Waals surface area contributed by atoms with Crippen LogP contribution in [0, 0.1) is 6.92 Å². The van der Waals surface area contributed by atoms with Crippen molar-refractivity contribution in [1.82, 2.24) is 9.55 Å². The Morgan fingerprint density at radius 3 is 2.19 bits per heavy atom. The van der Waals surface area contributed by atoms with E-state index < -0.39 is 29.6 Å². The van der Waals surface area contributed by atoms with E-state index in [1.807, 2.05) is 0 Å². The fourth-order valence-electron chi connectivity index (χ4n) is 4.73. The maximum Gasteiger partial charge on any atom is 0.330 e. The molecule has 1 saturated heterocycles. The average molecular weight is 520 g/mol. The summed E-state index contributed by atoms with van der Waals surface area (Å²) >= 11 is 0. The van der Waals surface area contributed by atoms with Gasteiger partial charge in [0.05, 0.1) is 6.04 Å². The SMILES string of the molecule is CCCCCCCCCCCCCCCCC(=O)OC[C@H]1O[C@@H](n2cc(C)c(=O)[nH]c2=O)CC1N=[N+]=[N-]. The molecule has 0 spiro atoms. The number of hydrogen-bond acceptors (Lipinski definition) is 6. The molecule has 0 saturated carbocycles. The number of nitrogens with one attached hydrogen (secondary N) is 1. The summed E-state index contributed by atoms with van der Waals surface area (Å²) in [7, 11) is 0. The lowest BCUT2D eigenvalue weighted by Crippen LogP contribution is -2.33. The number of unbranched alkanes of at least 4 members (excludes halogenated alkanes) is 13. The van der Waals surface area contributed by atoms with Crippen LogP contribution in [0.25, 0.3) is 10.4 Å². The number of H-pyrrole nitrogens is 1. The number of carbonyl (C=O) groups is 1. The smallest absolute Gasteiger partial charge is 0.330 e. The molecule has 1 fully saturated rings. The summed E-state index contributed by atoms with van der Waals surface area (Å²) in [6, 6.07) is -0.581. The third kappa shape index (κ3) is 11.6. The lowest BCUT2D eigenvalue weighted by Gasteiger charge is -2.17. The molecule has 2 rings (SSSR count). The van der Waals surface area contributed by atoms with Gasteiger partial charge in [-0.1, -0.05) is 95.5 Å². The van der Waals surface area contributed by atoms with E-state index in [0.717, 1.165) is 19.3 Å². The van der Waals surface area contributed by atoms with Gasteiger partial charge in [0.2, 0.25) is 0 Å². The van der Waals surface area contributed by atoms with Crippen LogP contribution in [0.4, 0.5) is 0 Å². The maximum absolute atomic E-state index is 12.2. The molecule has 1 aromatic heterocycles. The van der Waals surface area contributed by atoms with Crippen LogP contribution >= 0.6 is 0 Å². The van der Waals surface area contributed by atoms with Gasteiger partial charge in [-0.25, -0.2) is 4.79 Å². The second-order valence-electron chi connectivity index (χ2n) is 10.1. The first kappa shape index (κ1) is 30.6. The molecular weight excluding hydrogens is 474 g/mol. The van der Waals surface area contributed by atoms with E-state index in [2.05, 4.69) is 21.9 Å². The molecule has 1 aliphatic rings. The predicted molar refractivity (Wildman–Crippen MR) is 143 cm³/mol. The molecule has 0 aromatic carbocycles. The van der Waals surface area contributed by atoms with Crippen LogP contribution in [-0.2, 0) is 14.3 Å². The number of azide groups is 1. The van der Waals surface area contributed by atoms with Crippen LogP contribution < -0.4 is 11.2 Å². The number of aromatic nitrogens is 2. The van der Waals surface area contributed by atoms with E-state index in [-0.39, 0.29) is 19.0 Å². The summed E-state index contributed by atoms with van der Waals surface area (Å²) < 4.78 is 12.5. The van der Waals surface area contributed by atoms with Crippen molar-refractivity contribution in [2.24, 2.45) is 5.11 Å². The zero-order valence-electron chi connectivity index (χ0n) is 22.7. The zero-order valence-corrected chi connectivity index (χ0v) is 22.7. The Morgan fingerprint density at radius 1 is 1.05 bits per heavy atom. The summed E-state index contributed by atoms with van der Waals surface area (Å²) in [5.74, 6) is -0.303. The number of carbonyl (C=O) groups excluding carboxylic acids is 1. The molecule has 1 N–H and O–H groups in total. The molecule has 0 amide bonds.